The largest absolute Gasteiger partial charge is 0.504 e. The molecule has 0 aliphatic rings. The Kier molecular flexibility index (Phi) is 6.68. The number of hydrogen-bond donors (Lipinski definition) is 1. The Labute approximate surface area is 118 Å². The van der Waals surface area contributed by atoms with Gasteiger partial charge in [0.2, 0.25) is 0 Å². The third-order valence-electron chi connectivity index (χ3n) is 2.34. The normalized spacial score (nSPS) is 11.5. The summed E-state index contributed by atoms with van der Waals surface area (Å²) in [5, 5.41) is 9.46. The lowest BCUT2D eigenvalue weighted by molar-refractivity contribution is -0.137. The van der Waals surface area contributed by atoms with Gasteiger partial charge >= 0.3 is 5.97 Å². The molecule has 0 saturated carbocycles. The second kappa shape index (κ2) is 8.58. The molecule has 0 aromatic heterocycles. The number of phenolic OH excluding ortho intramolecular Hbond substituents is 1. The third-order valence-corrected chi connectivity index (χ3v) is 2.34. The second-order valence-corrected chi connectivity index (χ2v) is 3.79. The standard InChI is InChI=1S/C16H18O4/c1-3-20-16(18)9-7-5-4-6-8-13-10-11-14(17)15(12-13)19-2/h4-12,17H,3H2,1-2H3/b5-4+,8-6+,9-7+. The highest BCUT2D eigenvalue weighted by Crippen LogP contribution is 2.26. The van der Waals surface area contributed by atoms with Gasteiger partial charge in [0.1, 0.15) is 0 Å². The lowest BCUT2D eigenvalue weighted by Crippen LogP contribution is -1.98. The van der Waals surface area contributed by atoms with Crippen LogP contribution in [0.2, 0.25) is 0 Å². The molecule has 1 aromatic rings. The highest BCUT2D eigenvalue weighted by atomic mass is 16.5. The number of carbonyl (C=O) groups is 1. The van der Waals surface area contributed by atoms with Crippen LogP contribution < -0.4 is 4.74 Å². The Hall–Kier alpha value is -2.49. The zero-order chi connectivity index (χ0) is 14.8. The summed E-state index contributed by atoms with van der Waals surface area (Å²) < 4.78 is 9.75. The summed E-state index contributed by atoms with van der Waals surface area (Å²) in [5.41, 5.74) is 0.902. The number of carbonyl (C=O) groups excluding carboxylic acids is 1. The van der Waals surface area contributed by atoms with Gasteiger partial charge in [-0.25, -0.2) is 4.79 Å². The Bertz CT molecular complexity index is 527. The SMILES string of the molecule is CCOC(=O)/C=C/C=C/C=C/c1ccc(O)c(OC)c1. The van der Waals surface area contributed by atoms with Gasteiger partial charge in [0, 0.05) is 6.08 Å². The highest BCUT2D eigenvalue weighted by molar-refractivity contribution is 5.82. The quantitative estimate of drug-likeness (QED) is 0.492. The van der Waals surface area contributed by atoms with Gasteiger partial charge in [-0.15, -0.1) is 0 Å². The molecular weight excluding hydrogens is 256 g/mol. The van der Waals surface area contributed by atoms with Crippen LogP contribution in [-0.4, -0.2) is 24.8 Å². The lowest BCUT2D eigenvalue weighted by atomic mass is 10.2. The molecule has 1 N–H and O–H groups in total. The van der Waals surface area contributed by atoms with E-state index in [0.29, 0.717) is 12.4 Å². The van der Waals surface area contributed by atoms with Crippen LogP contribution in [0, 0.1) is 0 Å². The minimum atomic E-state index is -0.357. The fourth-order valence-electron chi connectivity index (χ4n) is 1.42. The molecule has 0 atom stereocenters. The van der Waals surface area contributed by atoms with Crippen molar-refractivity contribution in [3.8, 4) is 11.5 Å². The topological polar surface area (TPSA) is 55.8 Å². The van der Waals surface area contributed by atoms with Gasteiger partial charge in [0.25, 0.3) is 0 Å². The van der Waals surface area contributed by atoms with E-state index in [4.69, 9.17) is 9.47 Å². The molecule has 0 radical (unpaired) electrons. The van der Waals surface area contributed by atoms with Gasteiger partial charge in [0.05, 0.1) is 13.7 Å². The van der Waals surface area contributed by atoms with Crippen LogP contribution >= 0.6 is 0 Å². The van der Waals surface area contributed by atoms with E-state index in [1.807, 2.05) is 12.2 Å². The van der Waals surface area contributed by atoms with Gasteiger partial charge in [-0.3, -0.25) is 0 Å². The van der Waals surface area contributed by atoms with Crippen molar-refractivity contribution in [1.29, 1.82) is 0 Å². The van der Waals surface area contributed by atoms with Crippen molar-refractivity contribution in [3.63, 3.8) is 0 Å². The zero-order valence-electron chi connectivity index (χ0n) is 11.6. The van der Waals surface area contributed by atoms with Crippen molar-refractivity contribution in [2.24, 2.45) is 0 Å². The lowest BCUT2D eigenvalue weighted by Gasteiger charge is -2.03. The molecule has 0 bridgehead atoms. The number of benzene rings is 1. The molecule has 0 heterocycles. The van der Waals surface area contributed by atoms with E-state index >= 15 is 0 Å². The maximum atomic E-state index is 11.0. The maximum absolute atomic E-state index is 11.0. The van der Waals surface area contributed by atoms with E-state index < -0.39 is 0 Å². The van der Waals surface area contributed by atoms with Crippen LogP contribution in [0.1, 0.15) is 12.5 Å². The monoisotopic (exact) mass is 274 g/mol. The molecule has 1 aromatic carbocycles. The van der Waals surface area contributed by atoms with E-state index in [9.17, 15) is 9.90 Å². The minimum Gasteiger partial charge on any atom is -0.504 e. The van der Waals surface area contributed by atoms with Gasteiger partial charge in [-0.05, 0) is 24.6 Å². The zero-order valence-corrected chi connectivity index (χ0v) is 11.6. The van der Waals surface area contributed by atoms with E-state index in [0.717, 1.165) is 5.56 Å². The minimum absolute atomic E-state index is 0.109. The van der Waals surface area contributed by atoms with E-state index in [-0.39, 0.29) is 11.7 Å². The molecular formula is C16H18O4. The Morgan fingerprint density at radius 1 is 1.25 bits per heavy atom. The summed E-state index contributed by atoms with van der Waals surface area (Å²) in [6.07, 6.45) is 10.2. The first-order valence-corrected chi connectivity index (χ1v) is 6.22. The highest BCUT2D eigenvalue weighted by Gasteiger charge is 1.99. The molecule has 1 rings (SSSR count). The van der Waals surface area contributed by atoms with Crippen molar-refractivity contribution in [2.75, 3.05) is 13.7 Å². The fraction of sp³-hybridized carbons (Fsp3) is 0.188. The van der Waals surface area contributed by atoms with Crippen molar-refractivity contribution in [1.82, 2.24) is 0 Å². The van der Waals surface area contributed by atoms with Crippen molar-refractivity contribution in [3.05, 3.63) is 54.1 Å². The fourth-order valence-corrected chi connectivity index (χ4v) is 1.42. The molecule has 106 valence electrons. The second-order valence-electron chi connectivity index (χ2n) is 3.79. The van der Waals surface area contributed by atoms with Crippen LogP contribution in [0.25, 0.3) is 6.08 Å². The number of aromatic hydroxyl groups is 1. The van der Waals surface area contributed by atoms with Gasteiger partial charge in [-0.1, -0.05) is 36.4 Å². The number of allylic oxidation sites excluding steroid dienone is 4. The molecule has 4 nitrogen and oxygen atoms in total. The summed E-state index contributed by atoms with van der Waals surface area (Å²) in [4.78, 5) is 11.0. The number of esters is 1. The molecule has 0 amide bonds. The summed E-state index contributed by atoms with van der Waals surface area (Å²) >= 11 is 0. The summed E-state index contributed by atoms with van der Waals surface area (Å²) in [5.74, 6) is 0.181. The molecule has 0 unspecified atom stereocenters. The van der Waals surface area contributed by atoms with Crippen LogP contribution in [0.3, 0.4) is 0 Å². The Balaban J connectivity index is 2.54. The molecule has 4 heteroatoms. The number of phenols is 1. The third kappa shape index (κ3) is 5.44. The maximum Gasteiger partial charge on any atom is 0.330 e. The molecule has 0 aliphatic carbocycles. The first kappa shape index (κ1) is 15.6. The summed E-state index contributed by atoms with van der Waals surface area (Å²) in [6.45, 7) is 2.13. The van der Waals surface area contributed by atoms with Crippen molar-refractivity contribution < 1.29 is 19.4 Å². The van der Waals surface area contributed by atoms with Crippen LogP contribution in [-0.2, 0) is 9.53 Å². The smallest absolute Gasteiger partial charge is 0.330 e. The number of methoxy groups -OCH3 is 1. The summed E-state index contributed by atoms with van der Waals surface area (Å²) in [7, 11) is 1.50. The number of rotatable bonds is 6. The molecule has 20 heavy (non-hydrogen) atoms. The van der Waals surface area contributed by atoms with Gasteiger partial charge < -0.3 is 14.6 Å². The van der Waals surface area contributed by atoms with Gasteiger partial charge in [0.15, 0.2) is 11.5 Å². The molecule has 0 spiro atoms. The number of ether oxygens (including phenoxy) is 2. The first-order valence-electron chi connectivity index (χ1n) is 6.22. The predicted octanol–water partition coefficient (Wildman–Crippen LogP) is 3.09. The van der Waals surface area contributed by atoms with Gasteiger partial charge in [-0.2, -0.15) is 0 Å². The van der Waals surface area contributed by atoms with Crippen LogP contribution in [0.15, 0.2) is 48.6 Å². The first-order chi connectivity index (χ1) is 9.67. The van der Waals surface area contributed by atoms with Crippen LogP contribution in [0.4, 0.5) is 0 Å². The van der Waals surface area contributed by atoms with E-state index in [1.165, 1.54) is 13.2 Å². The molecule has 0 saturated heterocycles. The predicted molar refractivity (Wildman–Crippen MR) is 78.6 cm³/mol. The molecule has 0 fully saturated rings. The van der Waals surface area contributed by atoms with Crippen LogP contribution in [0.5, 0.6) is 11.5 Å². The van der Waals surface area contributed by atoms with Crippen molar-refractivity contribution >= 4 is 12.0 Å². The molecule has 0 aliphatic heterocycles. The summed E-state index contributed by atoms with van der Waals surface area (Å²) in [6, 6.07) is 5.08. The Morgan fingerprint density at radius 2 is 2.00 bits per heavy atom. The number of hydrogen-bond acceptors (Lipinski definition) is 4. The average molecular weight is 274 g/mol. The van der Waals surface area contributed by atoms with E-state index in [1.54, 1.807) is 43.4 Å². The van der Waals surface area contributed by atoms with Crippen molar-refractivity contribution in [2.45, 2.75) is 6.92 Å². The van der Waals surface area contributed by atoms with E-state index in [2.05, 4.69) is 0 Å². The average Bonchev–Trinajstić information content (AvgIpc) is 2.44. The Morgan fingerprint density at radius 3 is 2.70 bits per heavy atom.